The molecule has 0 heterocycles. The Kier molecular flexibility index (Phi) is 6.15. The lowest BCUT2D eigenvalue weighted by molar-refractivity contribution is -0.120. The normalized spacial score (nSPS) is 10.0. The van der Waals surface area contributed by atoms with Gasteiger partial charge < -0.3 is 16.4 Å². The van der Waals surface area contributed by atoms with Gasteiger partial charge in [0, 0.05) is 25.2 Å². The molecule has 1 aromatic carbocycles. The SMILES string of the molecule is CCCNC(=O)CCNC(=O)c1cc(N)ccc1Cl. The molecule has 0 aliphatic heterocycles. The molecule has 0 fully saturated rings. The van der Waals surface area contributed by atoms with Crippen LogP contribution in [0.25, 0.3) is 0 Å². The first-order valence-corrected chi connectivity index (χ1v) is 6.52. The van der Waals surface area contributed by atoms with E-state index in [1.165, 1.54) is 6.07 Å². The van der Waals surface area contributed by atoms with E-state index in [9.17, 15) is 9.59 Å². The van der Waals surface area contributed by atoms with Crippen LogP contribution in [0.5, 0.6) is 0 Å². The molecule has 0 radical (unpaired) electrons. The fraction of sp³-hybridized carbons (Fsp3) is 0.385. The number of anilines is 1. The lowest BCUT2D eigenvalue weighted by Gasteiger charge is -2.07. The molecular weight excluding hydrogens is 266 g/mol. The van der Waals surface area contributed by atoms with E-state index >= 15 is 0 Å². The Balaban J connectivity index is 2.43. The molecule has 0 bridgehead atoms. The van der Waals surface area contributed by atoms with Gasteiger partial charge in [0.2, 0.25) is 5.91 Å². The first-order valence-electron chi connectivity index (χ1n) is 6.14. The summed E-state index contributed by atoms with van der Waals surface area (Å²) < 4.78 is 0. The number of benzene rings is 1. The molecule has 2 amide bonds. The molecule has 0 spiro atoms. The highest BCUT2D eigenvalue weighted by Gasteiger charge is 2.10. The number of nitrogens with two attached hydrogens (primary N) is 1. The highest BCUT2D eigenvalue weighted by Crippen LogP contribution is 2.18. The van der Waals surface area contributed by atoms with Gasteiger partial charge in [-0.3, -0.25) is 9.59 Å². The highest BCUT2D eigenvalue weighted by atomic mass is 35.5. The van der Waals surface area contributed by atoms with Gasteiger partial charge in [-0.2, -0.15) is 0 Å². The fourth-order valence-corrected chi connectivity index (χ4v) is 1.66. The summed E-state index contributed by atoms with van der Waals surface area (Å²) in [5.41, 5.74) is 6.38. The van der Waals surface area contributed by atoms with Crippen molar-refractivity contribution in [3.8, 4) is 0 Å². The first-order chi connectivity index (χ1) is 9.04. The predicted molar refractivity (Wildman–Crippen MR) is 76.1 cm³/mol. The van der Waals surface area contributed by atoms with Crippen molar-refractivity contribution in [2.75, 3.05) is 18.8 Å². The number of carbonyl (C=O) groups is 2. The summed E-state index contributed by atoms with van der Waals surface area (Å²) in [6.45, 7) is 2.89. The van der Waals surface area contributed by atoms with Crippen LogP contribution in [0.2, 0.25) is 5.02 Å². The maximum atomic E-state index is 11.8. The van der Waals surface area contributed by atoms with Crippen LogP contribution in [0.1, 0.15) is 30.1 Å². The van der Waals surface area contributed by atoms with Crippen LogP contribution >= 0.6 is 11.6 Å². The molecule has 5 nitrogen and oxygen atoms in total. The second kappa shape index (κ2) is 7.63. The summed E-state index contributed by atoms with van der Waals surface area (Å²) in [5, 5.41) is 5.70. The maximum absolute atomic E-state index is 11.8. The van der Waals surface area contributed by atoms with Crippen LogP contribution in [0.4, 0.5) is 5.69 Å². The summed E-state index contributed by atoms with van der Waals surface area (Å²) >= 11 is 5.91. The summed E-state index contributed by atoms with van der Waals surface area (Å²) in [5.74, 6) is -0.415. The Morgan fingerprint density at radius 2 is 2.00 bits per heavy atom. The minimum Gasteiger partial charge on any atom is -0.399 e. The second-order valence-electron chi connectivity index (χ2n) is 4.10. The second-order valence-corrected chi connectivity index (χ2v) is 4.50. The molecule has 0 saturated carbocycles. The molecule has 6 heteroatoms. The Labute approximate surface area is 117 Å². The van der Waals surface area contributed by atoms with E-state index in [0.29, 0.717) is 22.8 Å². The number of amides is 2. The first kappa shape index (κ1) is 15.3. The summed E-state index contributed by atoms with van der Waals surface area (Å²) in [4.78, 5) is 23.2. The van der Waals surface area contributed by atoms with E-state index < -0.39 is 0 Å². The van der Waals surface area contributed by atoms with E-state index in [-0.39, 0.29) is 24.8 Å². The standard InChI is InChI=1S/C13H18ClN3O2/c1-2-6-16-12(18)5-7-17-13(19)10-8-9(15)3-4-11(10)14/h3-4,8H,2,5-7,15H2,1H3,(H,16,18)(H,17,19). The van der Waals surface area contributed by atoms with Gasteiger partial charge in [-0.15, -0.1) is 0 Å². The van der Waals surface area contributed by atoms with Crippen LogP contribution in [0.15, 0.2) is 18.2 Å². The third-order valence-electron chi connectivity index (χ3n) is 2.44. The number of nitrogen functional groups attached to an aromatic ring is 1. The average molecular weight is 284 g/mol. The monoisotopic (exact) mass is 283 g/mol. The smallest absolute Gasteiger partial charge is 0.252 e. The highest BCUT2D eigenvalue weighted by molar-refractivity contribution is 6.34. The van der Waals surface area contributed by atoms with Crippen molar-refractivity contribution in [2.45, 2.75) is 19.8 Å². The largest absolute Gasteiger partial charge is 0.399 e. The summed E-state index contributed by atoms with van der Waals surface area (Å²) in [7, 11) is 0. The van der Waals surface area contributed by atoms with E-state index in [1.807, 2.05) is 6.92 Å². The molecule has 4 N–H and O–H groups in total. The van der Waals surface area contributed by atoms with Crippen molar-refractivity contribution >= 4 is 29.1 Å². The van der Waals surface area contributed by atoms with Crippen molar-refractivity contribution in [1.29, 1.82) is 0 Å². The number of halogens is 1. The number of hydrogen-bond donors (Lipinski definition) is 3. The zero-order chi connectivity index (χ0) is 14.3. The van der Waals surface area contributed by atoms with Crippen LogP contribution in [-0.4, -0.2) is 24.9 Å². The van der Waals surface area contributed by atoms with Gasteiger partial charge in [0.05, 0.1) is 10.6 Å². The minimum absolute atomic E-state index is 0.0826. The number of rotatable bonds is 6. The van der Waals surface area contributed by atoms with E-state index in [0.717, 1.165) is 6.42 Å². The third kappa shape index (κ3) is 5.18. The van der Waals surface area contributed by atoms with Gasteiger partial charge in [-0.1, -0.05) is 18.5 Å². The zero-order valence-electron chi connectivity index (χ0n) is 10.8. The molecule has 19 heavy (non-hydrogen) atoms. The van der Waals surface area contributed by atoms with Gasteiger partial charge in [-0.05, 0) is 24.6 Å². The molecule has 0 unspecified atom stereocenters. The van der Waals surface area contributed by atoms with Crippen molar-refractivity contribution in [1.82, 2.24) is 10.6 Å². The third-order valence-corrected chi connectivity index (χ3v) is 2.77. The van der Waals surface area contributed by atoms with Crippen molar-refractivity contribution in [2.24, 2.45) is 0 Å². The molecule has 104 valence electrons. The maximum Gasteiger partial charge on any atom is 0.252 e. The predicted octanol–water partition coefficient (Wildman–Crippen LogP) is 1.57. The lowest BCUT2D eigenvalue weighted by atomic mass is 10.2. The number of hydrogen-bond acceptors (Lipinski definition) is 3. The Bertz CT molecular complexity index is 463. The molecule has 1 aromatic rings. The summed E-state index contributed by atoms with van der Waals surface area (Å²) in [6, 6.07) is 4.70. The molecular formula is C13H18ClN3O2. The van der Waals surface area contributed by atoms with Crippen LogP contribution in [-0.2, 0) is 4.79 Å². The van der Waals surface area contributed by atoms with Crippen molar-refractivity contribution in [3.05, 3.63) is 28.8 Å². The molecule has 1 rings (SSSR count). The molecule has 0 aromatic heterocycles. The van der Waals surface area contributed by atoms with E-state index in [1.54, 1.807) is 12.1 Å². The quantitative estimate of drug-likeness (QED) is 0.693. The zero-order valence-corrected chi connectivity index (χ0v) is 11.6. The molecule has 0 saturated heterocycles. The average Bonchev–Trinajstić information content (AvgIpc) is 2.39. The van der Waals surface area contributed by atoms with Crippen LogP contribution in [0, 0.1) is 0 Å². The van der Waals surface area contributed by atoms with Crippen LogP contribution in [0.3, 0.4) is 0 Å². The Morgan fingerprint density at radius 1 is 1.26 bits per heavy atom. The molecule has 0 aliphatic carbocycles. The van der Waals surface area contributed by atoms with Gasteiger partial charge in [-0.25, -0.2) is 0 Å². The van der Waals surface area contributed by atoms with E-state index in [2.05, 4.69) is 10.6 Å². The Hall–Kier alpha value is -1.75. The van der Waals surface area contributed by atoms with Gasteiger partial charge in [0.1, 0.15) is 0 Å². The topological polar surface area (TPSA) is 84.2 Å². The van der Waals surface area contributed by atoms with E-state index in [4.69, 9.17) is 17.3 Å². The number of carbonyl (C=O) groups excluding carboxylic acids is 2. The molecule has 0 atom stereocenters. The van der Waals surface area contributed by atoms with Crippen molar-refractivity contribution < 1.29 is 9.59 Å². The van der Waals surface area contributed by atoms with Crippen LogP contribution < -0.4 is 16.4 Å². The minimum atomic E-state index is -0.333. The number of nitrogens with one attached hydrogen (secondary N) is 2. The van der Waals surface area contributed by atoms with Gasteiger partial charge in [0.15, 0.2) is 0 Å². The molecule has 0 aliphatic rings. The lowest BCUT2D eigenvalue weighted by Crippen LogP contribution is -2.31. The van der Waals surface area contributed by atoms with Gasteiger partial charge in [0.25, 0.3) is 5.91 Å². The summed E-state index contributed by atoms with van der Waals surface area (Å²) in [6.07, 6.45) is 1.13. The van der Waals surface area contributed by atoms with Crippen molar-refractivity contribution in [3.63, 3.8) is 0 Å². The Morgan fingerprint density at radius 3 is 2.68 bits per heavy atom. The fourth-order valence-electron chi connectivity index (χ4n) is 1.45. The van der Waals surface area contributed by atoms with Gasteiger partial charge >= 0.3 is 0 Å².